The Kier molecular flexibility index (Phi) is 15.9. The molecule has 0 aliphatic heterocycles. The van der Waals surface area contributed by atoms with Gasteiger partial charge >= 0.3 is 34.0 Å². The van der Waals surface area contributed by atoms with Crippen LogP contribution in [0.1, 0.15) is 25.7 Å². The molecule has 0 amide bonds. The maximum atomic E-state index is 9.75. The topological polar surface area (TPSA) is 0 Å². The van der Waals surface area contributed by atoms with E-state index in [0.717, 1.165) is 6.42 Å². The Morgan fingerprint density at radius 3 is 1.63 bits per heavy atom. The molecule has 0 atom stereocenters. The third-order valence-electron chi connectivity index (χ3n) is 1.29. The van der Waals surface area contributed by atoms with Gasteiger partial charge in [0, 0.05) is 0 Å². The number of allylic oxidation sites excluding steroid dienone is 4. The molecule has 0 radical (unpaired) electrons. The summed E-state index contributed by atoms with van der Waals surface area (Å²) in [5, 5.41) is 0. The summed E-state index contributed by atoms with van der Waals surface area (Å²) in [4.78, 5) is 0. The van der Waals surface area contributed by atoms with Crippen LogP contribution in [0.4, 0.5) is 34.5 Å². The molecule has 1 rings (SSSR count). The summed E-state index contributed by atoms with van der Waals surface area (Å²) in [5.74, 6) is 0. The minimum Gasteiger partial charge on any atom is -0.418 e. The molecule has 0 spiro atoms. The van der Waals surface area contributed by atoms with E-state index in [1.165, 1.54) is 19.3 Å². The minimum absolute atomic E-state index is 0. The van der Waals surface area contributed by atoms with Crippen LogP contribution in [0.15, 0.2) is 18.2 Å². The van der Waals surface area contributed by atoms with Gasteiger partial charge in [-0.2, -0.15) is 6.08 Å². The Morgan fingerprint density at radius 2 is 1.21 bits per heavy atom. The van der Waals surface area contributed by atoms with Crippen LogP contribution in [-0.4, -0.2) is 14.5 Å². The molecule has 11 heteroatoms. The van der Waals surface area contributed by atoms with Crippen molar-refractivity contribution in [2.24, 2.45) is 0 Å². The predicted octanol–water partition coefficient (Wildman–Crippen LogP) is 5.07. The molecule has 1 aliphatic rings. The van der Waals surface area contributed by atoms with Gasteiger partial charge in [0.15, 0.2) is 0 Å². The van der Waals surface area contributed by atoms with Gasteiger partial charge in [-0.1, -0.05) is 19.3 Å². The van der Waals surface area contributed by atoms with Gasteiger partial charge in [-0.3, -0.25) is 6.08 Å². The molecule has 0 heterocycles. The predicted molar refractivity (Wildman–Crippen MR) is 55.8 cm³/mol. The molecule has 0 fully saturated rings. The second-order valence-corrected chi connectivity index (χ2v) is 3.03. The fourth-order valence-corrected chi connectivity index (χ4v) is 0.805. The van der Waals surface area contributed by atoms with E-state index in [2.05, 4.69) is 18.2 Å². The summed E-state index contributed by atoms with van der Waals surface area (Å²) in [6, 6.07) is 0. The third-order valence-corrected chi connectivity index (χ3v) is 1.29. The van der Waals surface area contributed by atoms with E-state index >= 15 is 0 Å². The molecule has 0 aromatic carbocycles. The van der Waals surface area contributed by atoms with Gasteiger partial charge in [0.2, 0.25) is 0 Å². The first-order chi connectivity index (χ1) is 8.00. The van der Waals surface area contributed by atoms with Crippen LogP contribution in [0.2, 0.25) is 0 Å². The normalized spacial score (nSPS) is 14.7. The molecule has 0 aromatic heterocycles. The Labute approximate surface area is 119 Å². The van der Waals surface area contributed by atoms with Crippen molar-refractivity contribution in [3.05, 3.63) is 24.3 Å². The third kappa shape index (κ3) is 73.7. The van der Waals surface area contributed by atoms with E-state index < -0.39 is 14.5 Å². The van der Waals surface area contributed by atoms with E-state index in [9.17, 15) is 34.5 Å². The zero-order valence-electron chi connectivity index (χ0n) is 9.57. The summed E-state index contributed by atoms with van der Waals surface area (Å²) >= 11 is 0. The van der Waals surface area contributed by atoms with Crippen molar-refractivity contribution in [3.63, 3.8) is 0 Å². The van der Waals surface area contributed by atoms with Gasteiger partial charge in [-0.15, -0.1) is 6.42 Å². The average molecular weight is 384 g/mol. The van der Waals surface area contributed by atoms with E-state index in [4.69, 9.17) is 0 Å². The SMILES string of the molecule is F[B-](F)(F)F.F[B-](F)(F)F.[C-]1=CC=CCCCC1.[Rh+3]. The van der Waals surface area contributed by atoms with Crippen LogP contribution in [0.5, 0.6) is 0 Å². The molecule has 19 heavy (non-hydrogen) atoms. The largest absolute Gasteiger partial charge is 3.00 e. The molecule has 0 aromatic rings. The molecular weight excluding hydrogens is 373 g/mol. The zero-order chi connectivity index (χ0) is 14.7. The molecule has 0 bridgehead atoms. The molecule has 0 saturated carbocycles. The van der Waals surface area contributed by atoms with Gasteiger partial charge in [-0.25, -0.2) is 12.2 Å². The number of hydrogen-bond donors (Lipinski definition) is 0. The fourth-order valence-electron chi connectivity index (χ4n) is 0.805. The average Bonchev–Trinajstić information content (AvgIpc) is 1.93. The van der Waals surface area contributed by atoms with Crippen molar-refractivity contribution < 1.29 is 54.0 Å². The molecule has 0 unspecified atom stereocenters. The maximum Gasteiger partial charge on any atom is 3.00 e. The summed E-state index contributed by atoms with van der Waals surface area (Å²) in [6.07, 6.45) is 14.5. The Hall–Kier alpha value is -0.327. The van der Waals surface area contributed by atoms with E-state index in [1.54, 1.807) is 0 Å². The molecule has 114 valence electrons. The summed E-state index contributed by atoms with van der Waals surface area (Å²) in [6.45, 7) is 0. The summed E-state index contributed by atoms with van der Waals surface area (Å²) < 4.78 is 78.0. The van der Waals surface area contributed by atoms with Crippen molar-refractivity contribution in [1.82, 2.24) is 0 Å². The van der Waals surface area contributed by atoms with Gasteiger partial charge in [0.05, 0.1) is 0 Å². The van der Waals surface area contributed by atoms with Crippen molar-refractivity contribution in [2.45, 2.75) is 25.7 Å². The van der Waals surface area contributed by atoms with E-state index in [0.29, 0.717) is 0 Å². The van der Waals surface area contributed by atoms with Crippen molar-refractivity contribution in [3.8, 4) is 0 Å². The van der Waals surface area contributed by atoms with Crippen molar-refractivity contribution in [2.75, 3.05) is 0 Å². The maximum absolute atomic E-state index is 9.75. The van der Waals surface area contributed by atoms with Crippen LogP contribution in [0.25, 0.3) is 0 Å². The Bertz CT molecular complexity index is 210. The minimum atomic E-state index is -6.00. The van der Waals surface area contributed by atoms with Crippen LogP contribution >= 0.6 is 0 Å². The molecule has 0 saturated heterocycles. The van der Waals surface area contributed by atoms with Crippen LogP contribution in [-0.2, 0) is 19.5 Å². The monoisotopic (exact) mass is 384 g/mol. The standard InChI is InChI=1S/C8H11.2BF4.Rh/c1-2-4-6-8-7-5-3-1;2*2-1(3,4)5;/h1-3H,4,6-8H2;;;/q3*-1;+3. The second-order valence-electron chi connectivity index (χ2n) is 3.03. The van der Waals surface area contributed by atoms with Gasteiger partial charge in [-0.05, 0) is 0 Å². The van der Waals surface area contributed by atoms with Crippen molar-refractivity contribution in [1.29, 1.82) is 0 Å². The number of rotatable bonds is 0. The summed E-state index contributed by atoms with van der Waals surface area (Å²) in [7, 11) is -12.0. The zero-order valence-corrected chi connectivity index (χ0v) is 11.2. The van der Waals surface area contributed by atoms with E-state index in [1.807, 2.05) is 6.08 Å². The smallest absolute Gasteiger partial charge is 0.418 e. The van der Waals surface area contributed by atoms with Crippen LogP contribution in [0.3, 0.4) is 0 Å². The fraction of sp³-hybridized carbons (Fsp3) is 0.500. The number of halogens is 8. The van der Waals surface area contributed by atoms with Gasteiger partial charge < -0.3 is 34.5 Å². The Morgan fingerprint density at radius 1 is 0.789 bits per heavy atom. The first-order valence-electron chi connectivity index (χ1n) is 4.96. The summed E-state index contributed by atoms with van der Waals surface area (Å²) in [5.41, 5.74) is 0. The molecule has 0 nitrogen and oxygen atoms in total. The van der Waals surface area contributed by atoms with Gasteiger partial charge in [0.1, 0.15) is 0 Å². The second kappa shape index (κ2) is 12.7. The Balaban J connectivity index is -0.000000208. The first-order valence-corrected chi connectivity index (χ1v) is 4.96. The molecule has 1 aliphatic carbocycles. The van der Waals surface area contributed by atoms with Gasteiger partial charge in [0.25, 0.3) is 0 Å². The van der Waals surface area contributed by atoms with Crippen LogP contribution < -0.4 is 0 Å². The number of hydrogen-bond acceptors (Lipinski definition) is 0. The molecular formula is C8H11B2F8Rh. The quantitative estimate of drug-likeness (QED) is 0.311. The van der Waals surface area contributed by atoms with Crippen LogP contribution in [0, 0.1) is 6.08 Å². The molecule has 0 N–H and O–H groups in total. The van der Waals surface area contributed by atoms with E-state index in [-0.39, 0.29) is 19.5 Å². The van der Waals surface area contributed by atoms with Crippen molar-refractivity contribution >= 4 is 14.5 Å². The first kappa shape index (κ1) is 23.7.